The number of nitrogens with zero attached hydrogens (tertiary/aromatic N) is 1. The van der Waals surface area contributed by atoms with Crippen molar-refractivity contribution in [3.63, 3.8) is 0 Å². The minimum absolute atomic E-state index is 0.0826. The SMILES string of the molecule is COc1ccc(C2CN(C(O)C=O)CC2(C)[C@H](C)O)cc1OCCC(C)(C)OC. The van der Waals surface area contributed by atoms with Crippen LogP contribution in [0.4, 0.5) is 0 Å². The van der Waals surface area contributed by atoms with Crippen molar-refractivity contribution in [3.05, 3.63) is 23.8 Å². The second-order valence-corrected chi connectivity index (χ2v) is 8.69. The predicted octanol–water partition coefficient (Wildman–Crippen LogP) is 2.19. The quantitative estimate of drug-likeness (QED) is 0.573. The molecule has 29 heavy (non-hydrogen) atoms. The number of methoxy groups -OCH3 is 2. The molecule has 1 aliphatic heterocycles. The fraction of sp³-hybridized carbons (Fsp3) is 0.682. The Morgan fingerprint density at radius 1 is 1.31 bits per heavy atom. The first-order valence-corrected chi connectivity index (χ1v) is 9.99. The summed E-state index contributed by atoms with van der Waals surface area (Å²) in [4.78, 5) is 12.8. The van der Waals surface area contributed by atoms with E-state index in [1.54, 1.807) is 26.0 Å². The van der Waals surface area contributed by atoms with Gasteiger partial charge in [-0.1, -0.05) is 13.0 Å². The Bertz CT molecular complexity index is 692. The van der Waals surface area contributed by atoms with Crippen LogP contribution in [-0.4, -0.2) is 73.2 Å². The average Bonchev–Trinajstić information content (AvgIpc) is 3.06. The molecule has 7 heteroatoms. The molecule has 0 saturated carbocycles. The molecule has 0 bridgehead atoms. The van der Waals surface area contributed by atoms with Crippen LogP contribution in [0.2, 0.25) is 0 Å². The van der Waals surface area contributed by atoms with Crippen LogP contribution < -0.4 is 9.47 Å². The number of rotatable bonds is 10. The van der Waals surface area contributed by atoms with E-state index < -0.39 is 17.7 Å². The monoisotopic (exact) mass is 409 g/mol. The lowest BCUT2D eigenvalue weighted by atomic mass is 9.72. The molecule has 1 saturated heterocycles. The number of hydrogen-bond acceptors (Lipinski definition) is 7. The summed E-state index contributed by atoms with van der Waals surface area (Å²) in [5.41, 5.74) is 0.163. The highest BCUT2D eigenvalue weighted by Gasteiger charge is 2.48. The molecule has 2 rings (SSSR count). The van der Waals surface area contributed by atoms with E-state index in [2.05, 4.69) is 0 Å². The van der Waals surface area contributed by atoms with Crippen molar-refractivity contribution < 1.29 is 29.2 Å². The number of benzene rings is 1. The van der Waals surface area contributed by atoms with Gasteiger partial charge in [-0.05, 0) is 38.5 Å². The first kappa shape index (κ1) is 23.6. The largest absolute Gasteiger partial charge is 0.493 e. The van der Waals surface area contributed by atoms with Crippen LogP contribution in [-0.2, 0) is 9.53 Å². The first-order valence-electron chi connectivity index (χ1n) is 9.99. The molecule has 0 aromatic heterocycles. The average molecular weight is 410 g/mol. The lowest BCUT2D eigenvalue weighted by Gasteiger charge is -2.34. The highest BCUT2D eigenvalue weighted by molar-refractivity contribution is 5.55. The van der Waals surface area contributed by atoms with Crippen LogP contribution in [0.15, 0.2) is 18.2 Å². The summed E-state index contributed by atoms with van der Waals surface area (Å²) in [7, 11) is 3.27. The fourth-order valence-electron chi connectivity index (χ4n) is 3.78. The summed E-state index contributed by atoms with van der Waals surface area (Å²) in [5, 5.41) is 20.5. The van der Waals surface area contributed by atoms with E-state index in [4.69, 9.17) is 14.2 Å². The zero-order valence-corrected chi connectivity index (χ0v) is 18.3. The maximum atomic E-state index is 11.1. The van der Waals surface area contributed by atoms with Crippen molar-refractivity contribution in [3.8, 4) is 11.5 Å². The number of aliphatic hydroxyl groups excluding tert-OH is 2. The zero-order valence-electron chi connectivity index (χ0n) is 18.3. The smallest absolute Gasteiger partial charge is 0.163 e. The van der Waals surface area contributed by atoms with Gasteiger partial charge in [0.25, 0.3) is 0 Å². The van der Waals surface area contributed by atoms with E-state index >= 15 is 0 Å². The van der Waals surface area contributed by atoms with Gasteiger partial charge in [0.15, 0.2) is 24.0 Å². The molecule has 1 heterocycles. The molecule has 0 spiro atoms. The van der Waals surface area contributed by atoms with Gasteiger partial charge in [-0.3, -0.25) is 9.69 Å². The molecule has 1 aliphatic rings. The number of aldehydes is 1. The Balaban J connectivity index is 2.29. The zero-order chi connectivity index (χ0) is 21.8. The van der Waals surface area contributed by atoms with Gasteiger partial charge in [0.2, 0.25) is 0 Å². The number of carbonyl (C=O) groups excluding carboxylic acids is 1. The highest BCUT2D eigenvalue weighted by atomic mass is 16.5. The van der Waals surface area contributed by atoms with Crippen LogP contribution in [0, 0.1) is 5.41 Å². The molecule has 4 atom stereocenters. The first-order chi connectivity index (χ1) is 13.6. The van der Waals surface area contributed by atoms with Crippen LogP contribution in [0.3, 0.4) is 0 Å². The van der Waals surface area contributed by atoms with Crippen LogP contribution in [0.1, 0.15) is 45.6 Å². The Labute approximate surface area is 173 Å². The number of aliphatic hydroxyl groups is 2. The lowest BCUT2D eigenvalue weighted by Crippen LogP contribution is -2.39. The van der Waals surface area contributed by atoms with E-state index in [0.717, 1.165) is 5.56 Å². The molecular formula is C22H35NO6. The number of carbonyl (C=O) groups is 1. The van der Waals surface area contributed by atoms with E-state index in [-0.39, 0.29) is 11.5 Å². The van der Waals surface area contributed by atoms with E-state index in [1.807, 2.05) is 39.0 Å². The summed E-state index contributed by atoms with van der Waals surface area (Å²) in [6, 6.07) is 5.74. The third kappa shape index (κ3) is 5.28. The third-order valence-corrected chi connectivity index (χ3v) is 6.31. The molecule has 1 aromatic carbocycles. The Hall–Kier alpha value is -1.67. The topological polar surface area (TPSA) is 88.5 Å². The van der Waals surface area contributed by atoms with Crippen molar-refractivity contribution >= 4 is 6.29 Å². The third-order valence-electron chi connectivity index (χ3n) is 6.31. The number of ether oxygens (including phenoxy) is 3. The molecule has 2 N–H and O–H groups in total. The van der Waals surface area contributed by atoms with E-state index in [0.29, 0.717) is 43.9 Å². The Morgan fingerprint density at radius 2 is 2.00 bits per heavy atom. The number of likely N-dealkylation sites (tertiary alicyclic amines) is 1. The van der Waals surface area contributed by atoms with Crippen LogP contribution in [0.25, 0.3) is 0 Å². The molecule has 164 valence electrons. The van der Waals surface area contributed by atoms with Gasteiger partial charge < -0.3 is 24.4 Å². The lowest BCUT2D eigenvalue weighted by molar-refractivity contribution is -0.123. The summed E-state index contributed by atoms with van der Waals surface area (Å²) >= 11 is 0. The minimum atomic E-state index is -1.18. The van der Waals surface area contributed by atoms with Crippen molar-refractivity contribution in [1.82, 2.24) is 4.90 Å². The van der Waals surface area contributed by atoms with Gasteiger partial charge in [-0.25, -0.2) is 0 Å². The molecule has 7 nitrogen and oxygen atoms in total. The predicted molar refractivity (Wildman–Crippen MR) is 110 cm³/mol. The maximum Gasteiger partial charge on any atom is 0.163 e. The summed E-state index contributed by atoms with van der Waals surface area (Å²) in [6.45, 7) is 9.08. The van der Waals surface area contributed by atoms with Gasteiger partial charge in [0, 0.05) is 38.0 Å². The summed E-state index contributed by atoms with van der Waals surface area (Å²) in [5.74, 6) is 1.17. The molecule has 0 radical (unpaired) electrons. The van der Waals surface area contributed by atoms with Crippen molar-refractivity contribution in [2.45, 2.75) is 58.0 Å². The van der Waals surface area contributed by atoms with Crippen LogP contribution >= 0.6 is 0 Å². The Morgan fingerprint density at radius 3 is 2.55 bits per heavy atom. The molecule has 3 unspecified atom stereocenters. The van der Waals surface area contributed by atoms with Gasteiger partial charge in [0.05, 0.1) is 25.4 Å². The summed E-state index contributed by atoms with van der Waals surface area (Å²) < 4.78 is 16.9. The van der Waals surface area contributed by atoms with E-state index in [9.17, 15) is 15.0 Å². The van der Waals surface area contributed by atoms with Gasteiger partial charge in [0.1, 0.15) is 0 Å². The Kier molecular flexibility index (Phi) is 7.67. The van der Waals surface area contributed by atoms with Gasteiger partial charge >= 0.3 is 0 Å². The molecule has 0 amide bonds. The van der Waals surface area contributed by atoms with Crippen molar-refractivity contribution in [2.24, 2.45) is 5.41 Å². The van der Waals surface area contributed by atoms with Gasteiger partial charge in [-0.15, -0.1) is 0 Å². The van der Waals surface area contributed by atoms with Crippen molar-refractivity contribution in [1.29, 1.82) is 0 Å². The van der Waals surface area contributed by atoms with E-state index in [1.165, 1.54) is 0 Å². The second-order valence-electron chi connectivity index (χ2n) is 8.69. The van der Waals surface area contributed by atoms with Crippen molar-refractivity contribution in [2.75, 3.05) is 33.9 Å². The summed E-state index contributed by atoms with van der Waals surface area (Å²) in [6.07, 6.45) is -0.565. The minimum Gasteiger partial charge on any atom is -0.493 e. The van der Waals surface area contributed by atoms with Crippen LogP contribution in [0.5, 0.6) is 11.5 Å². The number of hydrogen-bond donors (Lipinski definition) is 2. The molecular weight excluding hydrogens is 374 g/mol. The standard InChI is InChI=1S/C22H35NO6/c1-15(25)22(4)14-23(20(26)13-24)12-17(22)16-7-8-18(27-5)19(11-16)29-10-9-21(2,3)28-6/h7-8,11,13,15,17,20,25-26H,9-10,12,14H2,1-6H3/t15-,17?,20?,22?/m0/s1. The molecule has 1 fully saturated rings. The second kappa shape index (κ2) is 9.43. The fourth-order valence-corrected chi connectivity index (χ4v) is 3.78. The maximum absolute atomic E-state index is 11.1. The molecule has 0 aliphatic carbocycles. The van der Waals surface area contributed by atoms with Gasteiger partial charge in [-0.2, -0.15) is 0 Å². The molecule has 1 aromatic rings. The highest BCUT2D eigenvalue weighted by Crippen LogP contribution is 2.47. The normalized spacial score (nSPS) is 24.9.